The highest BCUT2D eigenvalue weighted by Gasteiger charge is 2.20. The molecule has 21 heavy (non-hydrogen) atoms. The number of hydrazine groups is 1. The molecular formula is C16H23N3OS. The molecule has 2 aromatic rings. The van der Waals surface area contributed by atoms with Crippen molar-refractivity contribution in [2.45, 2.75) is 39.8 Å². The predicted molar refractivity (Wildman–Crippen MR) is 89.3 cm³/mol. The predicted octanol–water partition coefficient (Wildman–Crippen LogP) is 3.13. The summed E-state index contributed by atoms with van der Waals surface area (Å²) in [5.74, 6) is 5.14. The van der Waals surface area contributed by atoms with E-state index in [1.165, 1.54) is 11.3 Å². The topological polar surface area (TPSA) is 58.4 Å². The molecule has 2 rings (SSSR count). The number of nitrogens with zero attached hydrogens (tertiary/aromatic N) is 1. The lowest BCUT2D eigenvalue weighted by Gasteiger charge is -2.26. The van der Waals surface area contributed by atoms with Crippen LogP contribution in [-0.2, 0) is 6.54 Å². The maximum Gasteiger partial charge on any atom is 0.275 e. The van der Waals surface area contributed by atoms with Crippen LogP contribution in [0.4, 0.5) is 0 Å². The lowest BCUT2D eigenvalue weighted by Crippen LogP contribution is -2.33. The second-order valence-electron chi connectivity index (χ2n) is 5.44. The molecule has 1 amide bonds. The van der Waals surface area contributed by atoms with Crippen LogP contribution < -0.4 is 11.3 Å². The van der Waals surface area contributed by atoms with Gasteiger partial charge in [0.05, 0.1) is 4.88 Å². The van der Waals surface area contributed by atoms with Crippen molar-refractivity contribution in [2.24, 2.45) is 5.84 Å². The molecule has 1 aromatic carbocycles. The van der Waals surface area contributed by atoms with E-state index >= 15 is 0 Å². The number of nitrogen functional groups attached to an aromatic ring is 1. The van der Waals surface area contributed by atoms with E-state index in [0.717, 1.165) is 40.0 Å². The Labute approximate surface area is 129 Å². The summed E-state index contributed by atoms with van der Waals surface area (Å²) < 4.78 is 1.13. The fourth-order valence-corrected chi connectivity index (χ4v) is 3.63. The van der Waals surface area contributed by atoms with Crippen molar-refractivity contribution in [1.29, 1.82) is 0 Å². The maximum atomic E-state index is 12.1. The van der Waals surface area contributed by atoms with Crippen molar-refractivity contribution in [2.75, 3.05) is 6.54 Å². The maximum absolute atomic E-state index is 12.1. The largest absolute Gasteiger partial charge is 0.297 e. The van der Waals surface area contributed by atoms with Gasteiger partial charge in [0.2, 0.25) is 0 Å². The van der Waals surface area contributed by atoms with Crippen LogP contribution in [0.15, 0.2) is 24.3 Å². The minimum atomic E-state index is -0.202. The summed E-state index contributed by atoms with van der Waals surface area (Å²) in [6.07, 6.45) is 1.10. The number of fused-ring (bicyclic) bond motifs is 1. The molecular weight excluding hydrogens is 282 g/mol. The van der Waals surface area contributed by atoms with Crippen LogP contribution in [0, 0.1) is 0 Å². The van der Waals surface area contributed by atoms with Crippen molar-refractivity contribution < 1.29 is 4.79 Å². The van der Waals surface area contributed by atoms with E-state index in [0.29, 0.717) is 6.04 Å². The molecule has 1 aromatic heterocycles. The molecule has 0 atom stereocenters. The normalized spacial score (nSPS) is 11.5. The van der Waals surface area contributed by atoms with Gasteiger partial charge in [-0.25, -0.2) is 5.84 Å². The second-order valence-corrected chi connectivity index (χ2v) is 6.50. The van der Waals surface area contributed by atoms with E-state index in [4.69, 9.17) is 5.84 Å². The van der Waals surface area contributed by atoms with Crippen LogP contribution in [0.3, 0.4) is 0 Å². The number of hydrogen-bond acceptors (Lipinski definition) is 4. The summed E-state index contributed by atoms with van der Waals surface area (Å²) in [5.41, 5.74) is 3.35. The number of nitrogens with one attached hydrogen (secondary N) is 1. The molecule has 0 bridgehead atoms. The van der Waals surface area contributed by atoms with E-state index in [-0.39, 0.29) is 5.91 Å². The number of nitrogens with two attached hydrogens (primary N) is 1. The van der Waals surface area contributed by atoms with E-state index in [1.807, 2.05) is 12.1 Å². The van der Waals surface area contributed by atoms with Crippen molar-refractivity contribution >= 4 is 27.3 Å². The van der Waals surface area contributed by atoms with Gasteiger partial charge in [-0.3, -0.25) is 15.1 Å². The van der Waals surface area contributed by atoms with E-state index in [9.17, 15) is 4.79 Å². The fourth-order valence-electron chi connectivity index (χ4n) is 2.51. The van der Waals surface area contributed by atoms with Gasteiger partial charge in [-0.05, 0) is 43.8 Å². The first-order valence-electron chi connectivity index (χ1n) is 7.33. The summed E-state index contributed by atoms with van der Waals surface area (Å²) in [4.78, 5) is 15.2. The van der Waals surface area contributed by atoms with Crippen LogP contribution in [0.1, 0.15) is 42.4 Å². The average Bonchev–Trinajstić information content (AvgIpc) is 2.84. The molecule has 0 spiro atoms. The van der Waals surface area contributed by atoms with Crippen LogP contribution in [-0.4, -0.2) is 23.4 Å². The number of thiophene rings is 1. The van der Waals surface area contributed by atoms with Gasteiger partial charge >= 0.3 is 0 Å². The molecule has 0 radical (unpaired) electrons. The van der Waals surface area contributed by atoms with E-state index in [2.05, 4.69) is 43.2 Å². The SMILES string of the molecule is CCCN(Cc1c(C(=O)NN)sc2ccccc12)C(C)C. The van der Waals surface area contributed by atoms with Gasteiger partial charge in [0, 0.05) is 17.3 Å². The zero-order chi connectivity index (χ0) is 15.4. The molecule has 0 unspecified atom stereocenters. The molecule has 0 saturated carbocycles. The lowest BCUT2D eigenvalue weighted by molar-refractivity contribution is 0.0955. The summed E-state index contributed by atoms with van der Waals surface area (Å²) in [6.45, 7) is 8.35. The molecule has 0 fully saturated rings. The number of hydrogen-bond donors (Lipinski definition) is 2. The van der Waals surface area contributed by atoms with Gasteiger partial charge in [-0.15, -0.1) is 11.3 Å². The standard InChI is InChI=1S/C16H23N3OS/c1-4-9-19(11(2)3)10-13-12-7-5-6-8-14(12)21-15(13)16(20)18-17/h5-8,11H,4,9-10,17H2,1-3H3,(H,18,20). The van der Waals surface area contributed by atoms with Crippen LogP contribution in [0.5, 0.6) is 0 Å². The third-order valence-corrected chi connectivity index (χ3v) is 4.85. The Morgan fingerprint density at radius 1 is 1.38 bits per heavy atom. The zero-order valence-corrected chi connectivity index (χ0v) is 13.7. The third kappa shape index (κ3) is 3.43. The Morgan fingerprint density at radius 2 is 2.10 bits per heavy atom. The lowest BCUT2D eigenvalue weighted by atomic mass is 10.1. The number of carbonyl (C=O) groups excluding carboxylic acids is 1. The highest BCUT2D eigenvalue weighted by Crippen LogP contribution is 2.32. The van der Waals surface area contributed by atoms with Crippen molar-refractivity contribution in [3.8, 4) is 0 Å². The Kier molecular flexibility index (Phi) is 5.33. The summed E-state index contributed by atoms with van der Waals surface area (Å²) in [6, 6.07) is 8.59. The molecule has 114 valence electrons. The first-order chi connectivity index (χ1) is 10.1. The Hall–Kier alpha value is -1.43. The zero-order valence-electron chi connectivity index (χ0n) is 12.8. The van der Waals surface area contributed by atoms with Gasteiger partial charge in [0.15, 0.2) is 0 Å². The first kappa shape index (κ1) is 15.9. The molecule has 3 N–H and O–H groups in total. The summed E-state index contributed by atoms with van der Waals surface area (Å²) in [7, 11) is 0. The van der Waals surface area contributed by atoms with Gasteiger partial charge < -0.3 is 0 Å². The Morgan fingerprint density at radius 3 is 2.71 bits per heavy atom. The van der Waals surface area contributed by atoms with Crippen molar-refractivity contribution in [3.63, 3.8) is 0 Å². The average molecular weight is 305 g/mol. The van der Waals surface area contributed by atoms with Crippen molar-refractivity contribution in [1.82, 2.24) is 10.3 Å². The van der Waals surface area contributed by atoms with Crippen LogP contribution in [0.2, 0.25) is 0 Å². The fraction of sp³-hybridized carbons (Fsp3) is 0.438. The Bertz CT molecular complexity index is 621. The van der Waals surface area contributed by atoms with Gasteiger partial charge in [-0.2, -0.15) is 0 Å². The molecule has 5 heteroatoms. The molecule has 4 nitrogen and oxygen atoms in total. The quantitative estimate of drug-likeness (QED) is 0.490. The second kappa shape index (κ2) is 7.02. The molecule has 1 heterocycles. The molecule has 0 aliphatic heterocycles. The summed E-state index contributed by atoms with van der Waals surface area (Å²) in [5, 5.41) is 1.16. The number of benzene rings is 1. The smallest absolute Gasteiger partial charge is 0.275 e. The van der Waals surface area contributed by atoms with Gasteiger partial charge in [0.1, 0.15) is 0 Å². The minimum absolute atomic E-state index is 0.202. The summed E-state index contributed by atoms with van der Waals surface area (Å²) >= 11 is 1.51. The number of carbonyl (C=O) groups is 1. The number of rotatable bonds is 6. The minimum Gasteiger partial charge on any atom is -0.297 e. The van der Waals surface area contributed by atoms with Crippen LogP contribution in [0.25, 0.3) is 10.1 Å². The van der Waals surface area contributed by atoms with Gasteiger partial charge in [0.25, 0.3) is 5.91 Å². The van der Waals surface area contributed by atoms with Crippen LogP contribution >= 0.6 is 11.3 Å². The third-order valence-electron chi connectivity index (χ3n) is 3.64. The number of amides is 1. The molecule has 0 saturated heterocycles. The molecule has 0 aliphatic rings. The Balaban J connectivity index is 2.46. The van der Waals surface area contributed by atoms with Gasteiger partial charge in [-0.1, -0.05) is 25.1 Å². The highest BCUT2D eigenvalue weighted by molar-refractivity contribution is 7.21. The van der Waals surface area contributed by atoms with Crippen molar-refractivity contribution in [3.05, 3.63) is 34.7 Å². The van der Waals surface area contributed by atoms with E-state index < -0.39 is 0 Å². The van der Waals surface area contributed by atoms with E-state index in [1.54, 1.807) is 0 Å². The first-order valence-corrected chi connectivity index (χ1v) is 8.15. The monoisotopic (exact) mass is 305 g/mol. The highest BCUT2D eigenvalue weighted by atomic mass is 32.1. The molecule has 0 aliphatic carbocycles.